The summed E-state index contributed by atoms with van der Waals surface area (Å²) >= 11 is 0. The van der Waals surface area contributed by atoms with E-state index in [1.54, 1.807) is 7.05 Å². The molecule has 0 radical (unpaired) electrons. The molecule has 4 nitrogen and oxygen atoms in total. The number of guanidine groups is 1. The summed E-state index contributed by atoms with van der Waals surface area (Å²) in [5.41, 5.74) is 1.24. The van der Waals surface area contributed by atoms with Crippen LogP contribution in [0.4, 0.5) is 13.2 Å². The summed E-state index contributed by atoms with van der Waals surface area (Å²) in [6.07, 6.45) is -3.53. The first kappa shape index (κ1) is 24.0. The van der Waals surface area contributed by atoms with Crippen LogP contribution in [0.25, 0.3) is 0 Å². The molecule has 25 heavy (non-hydrogen) atoms. The summed E-state index contributed by atoms with van der Waals surface area (Å²) < 4.78 is 36.7. The van der Waals surface area contributed by atoms with Gasteiger partial charge in [0.05, 0.1) is 6.54 Å². The Hall–Kier alpha value is -1.03. The van der Waals surface area contributed by atoms with E-state index in [2.05, 4.69) is 34.7 Å². The molecule has 1 aromatic carbocycles. The first-order valence-electron chi connectivity index (χ1n) is 8.06. The molecule has 0 aliphatic heterocycles. The molecule has 1 rings (SSSR count). The highest BCUT2D eigenvalue weighted by Gasteiger charge is 2.28. The quantitative estimate of drug-likeness (QED) is 0.264. The van der Waals surface area contributed by atoms with Crippen molar-refractivity contribution < 1.29 is 13.2 Å². The van der Waals surface area contributed by atoms with Crippen molar-refractivity contribution in [1.29, 1.82) is 0 Å². The molecule has 1 unspecified atom stereocenters. The van der Waals surface area contributed by atoms with Crippen molar-refractivity contribution in [3.63, 3.8) is 0 Å². The van der Waals surface area contributed by atoms with Gasteiger partial charge in [0.15, 0.2) is 5.96 Å². The lowest BCUT2D eigenvalue weighted by atomic mass is 10.0. The number of halogens is 4. The van der Waals surface area contributed by atoms with E-state index in [-0.39, 0.29) is 24.0 Å². The van der Waals surface area contributed by atoms with E-state index in [0.29, 0.717) is 31.4 Å². The van der Waals surface area contributed by atoms with Gasteiger partial charge in [-0.2, -0.15) is 13.2 Å². The molecule has 1 aromatic rings. The van der Waals surface area contributed by atoms with Gasteiger partial charge < -0.3 is 10.6 Å². The van der Waals surface area contributed by atoms with Crippen molar-refractivity contribution >= 4 is 29.9 Å². The molecule has 144 valence electrons. The Balaban J connectivity index is 0.00000576. The second kappa shape index (κ2) is 12.3. The van der Waals surface area contributed by atoms with Gasteiger partial charge >= 0.3 is 6.18 Å². The first-order chi connectivity index (χ1) is 11.3. The fourth-order valence-corrected chi connectivity index (χ4v) is 2.31. The predicted molar refractivity (Wildman–Crippen MR) is 108 cm³/mol. The second-order valence-corrected chi connectivity index (χ2v) is 5.90. The van der Waals surface area contributed by atoms with Crippen molar-refractivity contribution in [2.45, 2.75) is 25.4 Å². The van der Waals surface area contributed by atoms with Gasteiger partial charge in [0, 0.05) is 20.1 Å². The minimum atomic E-state index is -4.15. The Morgan fingerprint density at radius 3 is 2.40 bits per heavy atom. The number of aliphatic imine (C=N–C) groups is 1. The Bertz CT molecular complexity index is 494. The topological polar surface area (TPSA) is 39.7 Å². The number of benzene rings is 1. The normalized spacial score (nSPS) is 13.3. The summed E-state index contributed by atoms with van der Waals surface area (Å²) in [5, 5.41) is 6.36. The zero-order valence-electron chi connectivity index (χ0n) is 14.9. The molecule has 0 amide bonds. The van der Waals surface area contributed by atoms with Crippen molar-refractivity contribution in [3.05, 3.63) is 35.9 Å². The second-order valence-electron chi connectivity index (χ2n) is 5.90. The van der Waals surface area contributed by atoms with Crippen LogP contribution in [0.5, 0.6) is 0 Å². The van der Waals surface area contributed by atoms with Gasteiger partial charge in [-0.25, -0.2) is 0 Å². The lowest BCUT2D eigenvalue weighted by Crippen LogP contribution is -2.40. The first-order valence-corrected chi connectivity index (χ1v) is 8.06. The number of nitrogens with one attached hydrogen (secondary N) is 2. The van der Waals surface area contributed by atoms with Crippen molar-refractivity contribution in [1.82, 2.24) is 15.5 Å². The lowest BCUT2D eigenvalue weighted by Gasteiger charge is -2.19. The van der Waals surface area contributed by atoms with Crippen molar-refractivity contribution in [3.8, 4) is 0 Å². The van der Waals surface area contributed by atoms with E-state index in [1.165, 1.54) is 17.5 Å². The summed E-state index contributed by atoms with van der Waals surface area (Å²) in [5.74, 6) is 0.999. The smallest absolute Gasteiger partial charge is 0.356 e. The van der Waals surface area contributed by atoms with E-state index in [0.717, 1.165) is 6.54 Å². The number of rotatable bonds is 8. The van der Waals surface area contributed by atoms with Crippen LogP contribution in [0.2, 0.25) is 0 Å². The minimum absolute atomic E-state index is 0. The molecule has 0 heterocycles. The fraction of sp³-hybridized carbons (Fsp3) is 0.588. The molecule has 0 fully saturated rings. The van der Waals surface area contributed by atoms with Crippen LogP contribution in [0.15, 0.2) is 35.3 Å². The largest absolute Gasteiger partial charge is 0.401 e. The van der Waals surface area contributed by atoms with Crippen LogP contribution in [0.1, 0.15) is 24.8 Å². The highest BCUT2D eigenvalue weighted by Crippen LogP contribution is 2.15. The zero-order chi connectivity index (χ0) is 18.0. The maximum absolute atomic E-state index is 12.2. The summed E-state index contributed by atoms with van der Waals surface area (Å²) in [6.45, 7) is 2.93. The molecule has 0 spiro atoms. The van der Waals surface area contributed by atoms with Crippen LogP contribution in [0.3, 0.4) is 0 Å². The Kier molecular flexibility index (Phi) is 11.8. The van der Waals surface area contributed by atoms with Crippen LogP contribution in [-0.2, 0) is 0 Å². The average molecular weight is 472 g/mol. The van der Waals surface area contributed by atoms with Gasteiger partial charge in [-0.3, -0.25) is 9.89 Å². The fourth-order valence-electron chi connectivity index (χ4n) is 2.31. The van der Waals surface area contributed by atoms with Crippen molar-refractivity contribution in [2.24, 2.45) is 4.99 Å². The molecular formula is C17H28F3IN4. The Labute approximate surface area is 165 Å². The molecule has 0 bridgehead atoms. The van der Waals surface area contributed by atoms with E-state index in [1.807, 2.05) is 18.2 Å². The number of hydrogen-bond acceptors (Lipinski definition) is 2. The van der Waals surface area contributed by atoms with Gasteiger partial charge in [0.2, 0.25) is 0 Å². The van der Waals surface area contributed by atoms with E-state index in [4.69, 9.17) is 0 Å². The summed E-state index contributed by atoms with van der Waals surface area (Å²) in [7, 11) is 3.15. The number of alkyl halides is 3. The summed E-state index contributed by atoms with van der Waals surface area (Å²) in [4.78, 5) is 5.40. The predicted octanol–water partition coefficient (Wildman–Crippen LogP) is 3.46. The SMILES string of the molecule is CN=C(NCCCN(C)CC(F)(F)F)NCC(C)c1ccccc1.I. The standard InChI is InChI=1S/C17H27F3N4.HI/c1-14(15-8-5-4-6-9-15)12-23-16(21-2)22-10-7-11-24(3)13-17(18,19)20;/h4-6,8-9,14H,7,10-13H2,1-3H3,(H2,21,22,23);1H. The molecule has 0 saturated heterocycles. The zero-order valence-corrected chi connectivity index (χ0v) is 17.3. The van der Waals surface area contributed by atoms with E-state index < -0.39 is 12.7 Å². The monoisotopic (exact) mass is 472 g/mol. The Morgan fingerprint density at radius 2 is 1.84 bits per heavy atom. The third kappa shape index (κ3) is 11.2. The molecule has 0 aromatic heterocycles. The maximum atomic E-state index is 12.2. The van der Waals surface area contributed by atoms with Crippen LogP contribution < -0.4 is 10.6 Å². The molecule has 0 aliphatic rings. The van der Waals surface area contributed by atoms with Gasteiger partial charge in [0.1, 0.15) is 0 Å². The third-order valence-electron chi connectivity index (χ3n) is 3.63. The number of nitrogens with zero attached hydrogens (tertiary/aromatic N) is 2. The van der Waals surface area contributed by atoms with Gasteiger partial charge in [-0.1, -0.05) is 37.3 Å². The molecular weight excluding hydrogens is 444 g/mol. The summed E-state index contributed by atoms with van der Waals surface area (Å²) in [6, 6.07) is 10.2. The highest BCUT2D eigenvalue weighted by molar-refractivity contribution is 14.0. The average Bonchev–Trinajstić information content (AvgIpc) is 2.53. The molecule has 2 N–H and O–H groups in total. The van der Waals surface area contributed by atoms with E-state index >= 15 is 0 Å². The molecule has 0 saturated carbocycles. The van der Waals surface area contributed by atoms with E-state index in [9.17, 15) is 13.2 Å². The Morgan fingerprint density at radius 1 is 1.20 bits per heavy atom. The molecule has 8 heteroatoms. The molecule has 0 aliphatic carbocycles. The van der Waals surface area contributed by atoms with Gasteiger partial charge in [0.25, 0.3) is 0 Å². The van der Waals surface area contributed by atoms with Crippen LogP contribution >= 0.6 is 24.0 Å². The van der Waals surface area contributed by atoms with Crippen LogP contribution in [-0.4, -0.2) is 57.3 Å². The van der Waals surface area contributed by atoms with Gasteiger partial charge in [-0.15, -0.1) is 24.0 Å². The van der Waals surface area contributed by atoms with Crippen molar-refractivity contribution in [2.75, 3.05) is 40.3 Å². The molecule has 1 atom stereocenters. The van der Waals surface area contributed by atoms with Crippen LogP contribution in [0, 0.1) is 0 Å². The lowest BCUT2D eigenvalue weighted by molar-refractivity contribution is -0.143. The van der Waals surface area contributed by atoms with Gasteiger partial charge in [-0.05, 0) is 31.5 Å². The maximum Gasteiger partial charge on any atom is 0.401 e. The number of hydrogen-bond donors (Lipinski definition) is 2. The minimum Gasteiger partial charge on any atom is -0.356 e. The highest BCUT2D eigenvalue weighted by atomic mass is 127. The third-order valence-corrected chi connectivity index (χ3v) is 3.63.